The molecule has 1 atom stereocenters. The molecule has 0 aliphatic carbocycles. The summed E-state index contributed by atoms with van der Waals surface area (Å²) in [4.78, 5) is 19.0. The van der Waals surface area contributed by atoms with Crippen LogP contribution >= 0.6 is 15.9 Å². The lowest BCUT2D eigenvalue weighted by Crippen LogP contribution is -2.40. The Morgan fingerprint density at radius 1 is 1.44 bits per heavy atom. The zero-order valence-electron chi connectivity index (χ0n) is 13.6. The van der Waals surface area contributed by atoms with Crippen molar-refractivity contribution in [3.63, 3.8) is 0 Å². The van der Waals surface area contributed by atoms with Crippen LogP contribution < -0.4 is 0 Å². The monoisotopic (exact) mass is 402 g/mol. The third kappa shape index (κ3) is 2.72. The number of amides is 1. The van der Waals surface area contributed by atoms with Crippen molar-refractivity contribution in [3.05, 3.63) is 63.8 Å². The van der Waals surface area contributed by atoms with Crippen LogP contribution in [0.25, 0.3) is 5.65 Å². The molecule has 0 saturated heterocycles. The van der Waals surface area contributed by atoms with Gasteiger partial charge in [0.05, 0.1) is 10.5 Å². The normalized spacial score (nSPS) is 16.9. The number of hydrogen-bond donors (Lipinski definition) is 0. The highest BCUT2D eigenvalue weighted by molar-refractivity contribution is 9.10. The van der Waals surface area contributed by atoms with E-state index in [-0.39, 0.29) is 17.8 Å². The summed E-state index contributed by atoms with van der Waals surface area (Å²) in [6, 6.07) is 6.52. The maximum Gasteiger partial charge on any atom is 0.274 e. The zero-order valence-corrected chi connectivity index (χ0v) is 15.2. The number of hydrogen-bond acceptors (Lipinski definition) is 3. The van der Waals surface area contributed by atoms with Crippen LogP contribution in [-0.2, 0) is 6.42 Å². The molecule has 2 aromatic heterocycles. The van der Waals surface area contributed by atoms with Gasteiger partial charge in [-0.25, -0.2) is 13.9 Å². The summed E-state index contributed by atoms with van der Waals surface area (Å²) >= 11 is 3.34. The Morgan fingerprint density at radius 2 is 2.28 bits per heavy atom. The van der Waals surface area contributed by atoms with E-state index >= 15 is 0 Å². The summed E-state index contributed by atoms with van der Waals surface area (Å²) in [5, 5.41) is 4.34. The van der Waals surface area contributed by atoms with Gasteiger partial charge in [0, 0.05) is 30.6 Å². The van der Waals surface area contributed by atoms with Crippen molar-refractivity contribution in [2.24, 2.45) is 0 Å². The summed E-state index contributed by atoms with van der Waals surface area (Å²) < 4.78 is 16.7. The summed E-state index contributed by atoms with van der Waals surface area (Å²) in [5.74, 6) is -0.440. The molecule has 0 radical (unpaired) electrons. The molecule has 1 unspecified atom stereocenters. The number of rotatable bonds is 2. The van der Waals surface area contributed by atoms with Crippen LogP contribution in [0.3, 0.4) is 0 Å². The van der Waals surface area contributed by atoms with Gasteiger partial charge in [-0.1, -0.05) is 19.1 Å². The van der Waals surface area contributed by atoms with Crippen LogP contribution in [0, 0.1) is 5.82 Å². The van der Waals surface area contributed by atoms with Crippen molar-refractivity contribution in [3.8, 4) is 0 Å². The predicted octanol–water partition coefficient (Wildman–Crippen LogP) is 3.78. The lowest BCUT2D eigenvalue weighted by molar-refractivity contribution is 0.0645. The second kappa shape index (κ2) is 6.22. The third-order valence-corrected chi connectivity index (χ3v) is 5.03. The van der Waals surface area contributed by atoms with Crippen molar-refractivity contribution in [2.45, 2.75) is 25.8 Å². The lowest BCUT2D eigenvalue weighted by Gasteiger charge is -2.36. The number of aromatic nitrogens is 3. The SMILES string of the molecule is CCC1c2c(F)cccc2CCN1C(=O)c1cc2ncc(Br)cn2n1. The van der Waals surface area contributed by atoms with E-state index in [1.165, 1.54) is 6.07 Å². The minimum absolute atomic E-state index is 0.192. The highest BCUT2D eigenvalue weighted by atomic mass is 79.9. The summed E-state index contributed by atoms with van der Waals surface area (Å²) in [6.07, 6.45) is 4.71. The minimum Gasteiger partial charge on any atom is -0.330 e. The molecule has 1 amide bonds. The molecule has 3 heterocycles. The maximum atomic E-state index is 14.4. The van der Waals surface area contributed by atoms with Gasteiger partial charge in [-0.05, 0) is 40.4 Å². The molecule has 0 saturated carbocycles. The van der Waals surface area contributed by atoms with Gasteiger partial charge in [-0.15, -0.1) is 0 Å². The van der Waals surface area contributed by atoms with E-state index in [2.05, 4.69) is 26.0 Å². The second-order valence-electron chi connectivity index (χ2n) is 6.09. The molecule has 1 aromatic carbocycles. The Bertz CT molecular complexity index is 971. The van der Waals surface area contributed by atoms with Gasteiger partial charge in [-0.2, -0.15) is 5.10 Å². The van der Waals surface area contributed by atoms with Gasteiger partial charge in [0.25, 0.3) is 5.91 Å². The van der Waals surface area contributed by atoms with Gasteiger partial charge in [-0.3, -0.25) is 4.79 Å². The van der Waals surface area contributed by atoms with E-state index in [4.69, 9.17) is 0 Å². The van der Waals surface area contributed by atoms with Crippen LogP contribution in [0.15, 0.2) is 41.1 Å². The van der Waals surface area contributed by atoms with Crippen molar-refractivity contribution in [1.29, 1.82) is 0 Å². The molecular weight excluding hydrogens is 387 g/mol. The third-order valence-electron chi connectivity index (χ3n) is 4.62. The molecule has 7 heteroatoms. The molecule has 0 fully saturated rings. The molecule has 3 aromatic rings. The highest BCUT2D eigenvalue weighted by Gasteiger charge is 2.33. The second-order valence-corrected chi connectivity index (χ2v) is 7.01. The number of fused-ring (bicyclic) bond motifs is 2. The van der Waals surface area contributed by atoms with E-state index in [0.717, 1.165) is 10.0 Å². The fourth-order valence-electron chi connectivity index (χ4n) is 3.50. The Kier molecular flexibility index (Phi) is 4.03. The lowest BCUT2D eigenvalue weighted by atomic mass is 9.90. The number of halogens is 2. The maximum absolute atomic E-state index is 14.4. The molecule has 0 spiro atoms. The summed E-state index contributed by atoms with van der Waals surface area (Å²) in [6.45, 7) is 2.52. The first kappa shape index (κ1) is 16.2. The minimum atomic E-state index is -0.276. The molecule has 0 bridgehead atoms. The fraction of sp³-hybridized carbons (Fsp3) is 0.278. The molecule has 25 heavy (non-hydrogen) atoms. The number of carbonyl (C=O) groups is 1. The largest absolute Gasteiger partial charge is 0.330 e. The number of benzene rings is 1. The van der Waals surface area contributed by atoms with Gasteiger partial charge in [0.1, 0.15) is 5.82 Å². The van der Waals surface area contributed by atoms with Crippen LogP contribution in [0.1, 0.15) is 41.0 Å². The fourth-order valence-corrected chi connectivity index (χ4v) is 3.79. The first-order valence-electron chi connectivity index (χ1n) is 8.17. The Balaban J connectivity index is 1.72. The average Bonchev–Trinajstić information content (AvgIpc) is 3.03. The van der Waals surface area contributed by atoms with Crippen molar-refractivity contribution in [2.75, 3.05) is 6.54 Å². The topological polar surface area (TPSA) is 50.5 Å². The average molecular weight is 403 g/mol. The molecular formula is C18H16BrFN4O. The van der Waals surface area contributed by atoms with Crippen LogP contribution in [0.5, 0.6) is 0 Å². The predicted molar refractivity (Wildman–Crippen MR) is 94.9 cm³/mol. The Morgan fingerprint density at radius 3 is 3.08 bits per heavy atom. The van der Waals surface area contributed by atoms with E-state index < -0.39 is 0 Å². The molecule has 1 aliphatic heterocycles. The summed E-state index contributed by atoms with van der Waals surface area (Å²) in [5.41, 5.74) is 2.54. The van der Waals surface area contributed by atoms with Gasteiger partial charge in [0.2, 0.25) is 0 Å². The van der Waals surface area contributed by atoms with E-state index in [9.17, 15) is 9.18 Å². The first-order chi connectivity index (χ1) is 12.1. The highest BCUT2D eigenvalue weighted by Crippen LogP contribution is 2.34. The zero-order chi connectivity index (χ0) is 17.6. The quantitative estimate of drug-likeness (QED) is 0.655. The Hall–Kier alpha value is -2.28. The molecule has 1 aliphatic rings. The smallest absolute Gasteiger partial charge is 0.274 e. The van der Waals surface area contributed by atoms with Crippen LogP contribution in [0.2, 0.25) is 0 Å². The summed E-state index contributed by atoms with van der Waals surface area (Å²) in [7, 11) is 0. The molecule has 128 valence electrons. The van der Waals surface area contributed by atoms with Crippen molar-refractivity contribution in [1.82, 2.24) is 19.5 Å². The van der Waals surface area contributed by atoms with E-state index in [1.807, 2.05) is 13.0 Å². The van der Waals surface area contributed by atoms with Gasteiger partial charge >= 0.3 is 0 Å². The molecule has 5 nitrogen and oxygen atoms in total. The van der Waals surface area contributed by atoms with Gasteiger partial charge < -0.3 is 4.90 Å². The van der Waals surface area contributed by atoms with E-state index in [0.29, 0.717) is 36.3 Å². The van der Waals surface area contributed by atoms with E-state index in [1.54, 1.807) is 33.9 Å². The standard InChI is InChI=1S/C18H16BrFN4O/c1-2-15-17-11(4-3-5-13(17)20)6-7-23(15)18(25)14-8-16-21-9-12(19)10-24(16)22-14/h3-5,8-10,15H,2,6-7H2,1H3. The first-order valence-corrected chi connectivity index (χ1v) is 8.97. The van der Waals surface area contributed by atoms with Crippen molar-refractivity contribution < 1.29 is 9.18 Å². The Labute approximate surface area is 152 Å². The van der Waals surface area contributed by atoms with Crippen molar-refractivity contribution >= 4 is 27.5 Å². The number of nitrogens with zero attached hydrogens (tertiary/aromatic N) is 4. The van der Waals surface area contributed by atoms with Crippen LogP contribution in [0.4, 0.5) is 4.39 Å². The molecule has 4 rings (SSSR count). The van der Waals surface area contributed by atoms with Gasteiger partial charge in [0.15, 0.2) is 11.3 Å². The van der Waals surface area contributed by atoms with Crippen LogP contribution in [-0.4, -0.2) is 31.9 Å². The number of carbonyl (C=O) groups excluding carboxylic acids is 1. The molecule has 0 N–H and O–H groups in total.